The molecule has 6 heteroatoms. The van der Waals surface area contributed by atoms with Crippen LogP contribution >= 0.6 is 0 Å². The van der Waals surface area contributed by atoms with Crippen molar-refractivity contribution < 1.29 is 24.5 Å². The predicted octanol–water partition coefficient (Wildman–Crippen LogP) is 3.15. The summed E-state index contributed by atoms with van der Waals surface area (Å²) in [5.41, 5.74) is 0.470. The molecule has 3 N–H and O–H groups in total. The number of ether oxygens (including phenoxy) is 1. The van der Waals surface area contributed by atoms with Crippen LogP contribution in [0.25, 0.3) is 0 Å². The Morgan fingerprint density at radius 3 is 2.48 bits per heavy atom. The predicted molar refractivity (Wildman–Crippen MR) is 78.5 cm³/mol. The van der Waals surface area contributed by atoms with Crippen LogP contribution in [-0.4, -0.2) is 27.9 Å². The first-order chi connectivity index (χ1) is 9.67. The summed E-state index contributed by atoms with van der Waals surface area (Å²) >= 11 is 0. The molecule has 0 aliphatic heterocycles. The number of anilines is 1. The molecule has 116 valence electrons. The number of hydrogen-bond donors (Lipinski definition) is 3. The van der Waals surface area contributed by atoms with Crippen LogP contribution in [0.2, 0.25) is 0 Å². The fraction of sp³-hybridized carbons (Fsp3) is 0.467. The summed E-state index contributed by atoms with van der Waals surface area (Å²) < 4.78 is 5.11. The molecule has 1 rings (SSSR count). The van der Waals surface area contributed by atoms with Crippen molar-refractivity contribution in [1.29, 1.82) is 0 Å². The van der Waals surface area contributed by atoms with Gasteiger partial charge in [-0.25, -0.2) is 4.79 Å². The Balaban J connectivity index is 2.61. The van der Waals surface area contributed by atoms with Gasteiger partial charge in [-0.3, -0.25) is 10.1 Å². The zero-order valence-corrected chi connectivity index (χ0v) is 12.5. The number of phenols is 1. The second-order valence-electron chi connectivity index (χ2n) is 5.72. The molecule has 0 heterocycles. The Morgan fingerprint density at radius 1 is 1.29 bits per heavy atom. The van der Waals surface area contributed by atoms with Gasteiger partial charge in [0.25, 0.3) is 0 Å². The third-order valence-corrected chi connectivity index (χ3v) is 2.57. The first kappa shape index (κ1) is 16.8. The van der Waals surface area contributed by atoms with Crippen LogP contribution in [0.15, 0.2) is 18.2 Å². The van der Waals surface area contributed by atoms with Crippen LogP contribution in [0.5, 0.6) is 5.75 Å². The molecule has 0 fully saturated rings. The molecule has 0 radical (unpaired) electrons. The number of nitrogens with one attached hydrogen (secondary N) is 1. The van der Waals surface area contributed by atoms with E-state index in [1.807, 2.05) is 0 Å². The van der Waals surface area contributed by atoms with Gasteiger partial charge in [-0.1, -0.05) is 6.07 Å². The minimum absolute atomic E-state index is 0.0222. The van der Waals surface area contributed by atoms with E-state index in [1.54, 1.807) is 32.9 Å². The lowest BCUT2D eigenvalue weighted by Gasteiger charge is -2.19. The molecule has 0 aromatic heterocycles. The van der Waals surface area contributed by atoms with Gasteiger partial charge in [-0.2, -0.15) is 0 Å². The average Bonchev–Trinajstić information content (AvgIpc) is 2.28. The number of carboxylic acid groups (broad SMARTS) is 1. The number of amides is 1. The van der Waals surface area contributed by atoms with Crippen molar-refractivity contribution in [3.05, 3.63) is 23.8 Å². The number of aromatic hydroxyl groups is 1. The van der Waals surface area contributed by atoms with Gasteiger partial charge in [-0.05, 0) is 45.2 Å². The lowest BCUT2D eigenvalue weighted by atomic mass is 10.1. The van der Waals surface area contributed by atoms with Crippen molar-refractivity contribution in [2.45, 2.75) is 45.6 Å². The Hall–Kier alpha value is -2.24. The van der Waals surface area contributed by atoms with Gasteiger partial charge >= 0.3 is 12.1 Å². The Labute approximate surface area is 123 Å². The van der Waals surface area contributed by atoms with Crippen molar-refractivity contribution in [3.8, 4) is 5.75 Å². The van der Waals surface area contributed by atoms with Gasteiger partial charge in [0.2, 0.25) is 0 Å². The van der Waals surface area contributed by atoms with Crippen LogP contribution in [0.4, 0.5) is 10.5 Å². The Kier molecular flexibility index (Phi) is 5.58. The van der Waals surface area contributed by atoms with Gasteiger partial charge in [0.05, 0.1) is 0 Å². The number of aliphatic carboxylic acids is 1. The highest BCUT2D eigenvalue weighted by Crippen LogP contribution is 2.24. The van der Waals surface area contributed by atoms with Gasteiger partial charge < -0.3 is 14.9 Å². The summed E-state index contributed by atoms with van der Waals surface area (Å²) in [5, 5.41) is 21.0. The Bertz CT molecular complexity index is 519. The molecule has 1 aromatic carbocycles. The molecular weight excluding hydrogens is 274 g/mol. The zero-order valence-electron chi connectivity index (χ0n) is 12.5. The lowest BCUT2D eigenvalue weighted by molar-refractivity contribution is -0.137. The highest BCUT2D eigenvalue weighted by Gasteiger charge is 2.16. The van der Waals surface area contributed by atoms with E-state index in [4.69, 9.17) is 9.84 Å². The first-order valence-electron chi connectivity index (χ1n) is 6.71. The van der Waals surface area contributed by atoms with Crippen LogP contribution in [0, 0.1) is 0 Å². The standard InChI is InChI=1S/C15H21NO5/c1-15(2,3)21-14(20)16-11-8-7-10(12(17)9-11)5-4-6-13(18)19/h7-9,17H,4-6H2,1-3H3,(H,16,20)(H,18,19). The highest BCUT2D eigenvalue weighted by molar-refractivity contribution is 5.85. The maximum atomic E-state index is 11.6. The number of rotatable bonds is 5. The molecular formula is C15H21NO5. The molecule has 0 aliphatic rings. The molecule has 0 atom stereocenters. The number of carboxylic acids is 1. The van der Waals surface area contributed by atoms with Crippen LogP contribution < -0.4 is 5.32 Å². The molecule has 0 aliphatic carbocycles. The van der Waals surface area contributed by atoms with Crippen molar-refractivity contribution in [1.82, 2.24) is 0 Å². The molecule has 21 heavy (non-hydrogen) atoms. The second kappa shape index (κ2) is 6.97. The van der Waals surface area contributed by atoms with Gasteiger partial charge in [0.15, 0.2) is 0 Å². The second-order valence-corrected chi connectivity index (χ2v) is 5.72. The molecule has 0 unspecified atom stereocenters. The average molecular weight is 295 g/mol. The van der Waals surface area contributed by atoms with Gasteiger partial charge in [-0.15, -0.1) is 0 Å². The molecule has 0 spiro atoms. The van der Waals surface area contributed by atoms with E-state index >= 15 is 0 Å². The van der Waals surface area contributed by atoms with E-state index in [9.17, 15) is 14.7 Å². The highest BCUT2D eigenvalue weighted by atomic mass is 16.6. The largest absolute Gasteiger partial charge is 0.508 e. The molecule has 0 bridgehead atoms. The topological polar surface area (TPSA) is 95.9 Å². The van der Waals surface area contributed by atoms with Crippen LogP contribution in [-0.2, 0) is 16.0 Å². The van der Waals surface area contributed by atoms with E-state index in [0.29, 0.717) is 24.1 Å². The summed E-state index contributed by atoms with van der Waals surface area (Å²) in [6.07, 6.45) is 0.366. The fourth-order valence-corrected chi connectivity index (χ4v) is 1.70. The van der Waals surface area contributed by atoms with Crippen molar-refractivity contribution in [3.63, 3.8) is 0 Å². The van der Waals surface area contributed by atoms with Gasteiger partial charge in [0.1, 0.15) is 11.4 Å². The third kappa shape index (κ3) is 6.65. The summed E-state index contributed by atoms with van der Waals surface area (Å²) in [6, 6.07) is 4.71. The lowest BCUT2D eigenvalue weighted by Crippen LogP contribution is -2.27. The van der Waals surface area contributed by atoms with E-state index in [0.717, 1.165) is 0 Å². The van der Waals surface area contributed by atoms with E-state index in [1.165, 1.54) is 6.07 Å². The van der Waals surface area contributed by atoms with E-state index < -0.39 is 17.7 Å². The quantitative estimate of drug-likeness (QED) is 0.775. The monoisotopic (exact) mass is 295 g/mol. The number of aryl methyl sites for hydroxylation is 1. The molecule has 6 nitrogen and oxygen atoms in total. The minimum Gasteiger partial charge on any atom is -0.508 e. The fourth-order valence-electron chi connectivity index (χ4n) is 1.70. The molecule has 0 saturated carbocycles. The van der Waals surface area contributed by atoms with Crippen LogP contribution in [0.3, 0.4) is 0 Å². The summed E-state index contributed by atoms with van der Waals surface area (Å²) in [7, 11) is 0. The SMILES string of the molecule is CC(C)(C)OC(=O)Nc1ccc(CCCC(=O)O)c(O)c1. The van der Waals surface area contributed by atoms with E-state index in [-0.39, 0.29) is 12.2 Å². The third-order valence-electron chi connectivity index (χ3n) is 2.57. The summed E-state index contributed by atoms with van der Waals surface area (Å²) in [5.74, 6) is -0.841. The number of carbonyl (C=O) groups is 2. The first-order valence-corrected chi connectivity index (χ1v) is 6.71. The molecule has 1 amide bonds. The van der Waals surface area contributed by atoms with E-state index in [2.05, 4.69) is 5.32 Å². The normalized spacial score (nSPS) is 11.0. The van der Waals surface area contributed by atoms with Crippen molar-refractivity contribution in [2.24, 2.45) is 0 Å². The number of phenolic OH excluding ortho intramolecular Hbond substituents is 1. The summed E-state index contributed by atoms with van der Waals surface area (Å²) in [6.45, 7) is 5.28. The number of carbonyl (C=O) groups excluding carboxylic acids is 1. The maximum Gasteiger partial charge on any atom is 0.412 e. The zero-order chi connectivity index (χ0) is 16.0. The molecule has 0 saturated heterocycles. The summed E-state index contributed by atoms with van der Waals surface area (Å²) in [4.78, 5) is 22.0. The van der Waals surface area contributed by atoms with Gasteiger partial charge in [0, 0.05) is 18.2 Å². The maximum absolute atomic E-state index is 11.6. The Morgan fingerprint density at radius 2 is 1.95 bits per heavy atom. The smallest absolute Gasteiger partial charge is 0.412 e. The van der Waals surface area contributed by atoms with Crippen molar-refractivity contribution in [2.75, 3.05) is 5.32 Å². The minimum atomic E-state index is -0.863. The number of benzene rings is 1. The number of hydrogen-bond acceptors (Lipinski definition) is 4. The molecule has 1 aromatic rings. The van der Waals surface area contributed by atoms with Crippen molar-refractivity contribution >= 4 is 17.7 Å². The van der Waals surface area contributed by atoms with Crippen LogP contribution in [0.1, 0.15) is 39.2 Å².